The number of amides is 2. The third-order valence-electron chi connectivity index (χ3n) is 5.04. The molecule has 0 aliphatic heterocycles. The second-order valence-electron chi connectivity index (χ2n) is 7.39. The molecule has 2 amide bonds. The van der Waals surface area contributed by atoms with Crippen molar-refractivity contribution in [2.45, 2.75) is 19.4 Å². The molecule has 0 radical (unpaired) electrons. The summed E-state index contributed by atoms with van der Waals surface area (Å²) in [5.74, 6) is -1.77. The number of carbonyl (C=O) groups is 2. The topological polar surface area (TPSA) is 88.9 Å². The van der Waals surface area contributed by atoms with Gasteiger partial charge < -0.3 is 10.6 Å². The Morgan fingerprint density at radius 2 is 1.82 bits per heavy atom. The van der Waals surface area contributed by atoms with Crippen LogP contribution < -0.4 is 10.6 Å². The number of carbonyl (C=O) groups excluding carboxylic acids is 2. The summed E-state index contributed by atoms with van der Waals surface area (Å²) in [6.45, 7) is 0.516. The summed E-state index contributed by atoms with van der Waals surface area (Å²) < 4.78 is 28.4. The monoisotopic (exact) mass is 449 g/mol. The summed E-state index contributed by atoms with van der Waals surface area (Å²) in [4.78, 5) is 32.8. The fourth-order valence-electron chi connectivity index (χ4n) is 3.31. The average Bonchev–Trinajstić information content (AvgIpc) is 3.25. The van der Waals surface area contributed by atoms with Gasteiger partial charge in [0.15, 0.2) is 0 Å². The summed E-state index contributed by atoms with van der Waals surface area (Å²) in [7, 11) is 0. The molecule has 7 nitrogen and oxygen atoms in total. The Kier molecular flexibility index (Phi) is 6.68. The van der Waals surface area contributed by atoms with Gasteiger partial charge >= 0.3 is 0 Å². The molecule has 2 aromatic heterocycles. The molecule has 0 saturated carbocycles. The van der Waals surface area contributed by atoms with E-state index in [0.717, 1.165) is 34.5 Å². The van der Waals surface area contributed by atoms with Crippen molar-refractivity contribution in [3.63, 3.8) is 0 Å². The number of rotatable bonds is 8. The Morgan fingerprint density at radius 3 is 2.61 bits per heavy atom. The van der Waals surface area contributed by atoms with Crippen molar-refractivity contribution in [1.29, 1.82) is 0 Å². The van der Waals surface area contributed by atoms with E-state index in [1.165, 1.54) is 0 Å². The van der Waals surface area contributed by atoms with E-state index in [0.29, 0.717) is 19.0 Å². The van der Waals surface area contributed by atoms with E-state index in [1.807, 2.05) is 41.0 Å². The largest absolute Gasteiger partial charge is 0.352 e. The minimum absolute atomic E-state index is 0.179. The van der Waals surface area contributed by atoms with Crippen LogP contribution in [-0.2, 0) is 11.3 Å². The summed E-state index contributed by atoms with van der Waals surface area (Å²) >= 11 is 0. The fraction of sp³-hybridized carbons (Fsp3) is 0.167. The average molecular weight is 449 g/mol. The van der Waals surface area contributed by atoms with Gasteiger partial charge in [-0.15, -0.1) is 0 Å². The number of hydrogen-bond acceptors (Lipinski definition) is 4. The highest BCUT2D eigenvalue weighted by atomic mass is 19.1. The van der Waals surface area contributed by atoms with E-state index in [9.17, 15) is 18.4 Å². The number of hydrogen-bond donors (Lipinski definition) is 2. The number of para-hydroxylation sites is 2. The smallest absolute Gasteiger partial charge is 0.254 e. The molecule has 2 aromatic carbocycles. The van der Waals surface area contributed by atoms with Gasteiger partial charge in [0, 0.05) is 31.8 Å². The van der Waals surface area contributed by atoms with Gasteiger partial charge in [0.05, 0.1) is 16.6 Å². The maximum Gasteiger partial charge on any atom is 0.254 e. The molecule has 33 heavy (non-hydrogen) atoms. The lowest BCUT2D eigenvalue weighted by molar-refractivity contribution is -0.121. The van der Waals surface area contributed by atoms with Crippen LogP contribution in [0, 0.1) is 11.6 Å². The molecule has 0 atom stereocenters. The minimum atomic E-state index is -0.925. The SMILES string of the molecule is O=C(CCCNC(=O)c1ccc(F)cc1F)NCc1ccc(-n2cnc3ccccc32)nc1. The number of benzene rings is 2. The number of fused-ring (bicyclic) bond motifs is 1. The van der Waals surface area contributed by atoms with Crippen molar-refractivity contribution in [3.8, 4) is 5.82 Å². The zero-order valence-corrected chi connectivity index (χ0v) is 17.6. The van der Waals surface area contributed by atoms with Crippen LogP contribution in [0.3, 0.4) is 0 Å². The second-order valence-corrected chi connectivity index (χ2v) is 7.39. The molecule has 0 unspecified atom stereocenters. The maximum absolute atomic E-state index is 13.6. The van der Waals surface area contributed by atoms with E-state index >= 15 is 0 Å². The van der Waals surface area contributed by atoms with E-state index in [-0.39, 0.29) is 24.4 Å². The van der Waals surface area contributed by atoms with Crippen LogP contribution in [0.1, 0.15) is 28.8 Å². The predicted molar refractivity (Wildman–Crippen MR) is 119 cm³/mol. The standard InChI is InChI=1S/C24H21F2N5O2/c25-17-8-9-18(19(26)12-17)24(33)27-11-3-6-23(32)29-14-16-7-10-22(28-13-16)31-15-30-20-4-1-2-5-21(20)31/h1-2,4-5,7-10,12-13,15H,3,6,11,14H2,(H,27,33)(H,29,32). The Labute approximate surface area is 188 Å². The number of nitrogens with one attached hydrogen (secondary N) is 2. The first-order chi connectivity index (χ1) is 16.0. The van der Waals surface area contributed by atoms with E-state index in [2.05, 4.69) is 20.6 Å². The van der Waals surface area contributed by atoms with Crippen molar-refractivity contribution in [1.82, 2.24) is 25.2 Å². The van der Waals surface area contributed by atoms with Crippen LogP contribution in [0.2, 0.25) is 0 Å². The Balaban J connectivity index is 1.21. The highest BCUT2D eigenvalue weighted by Gasteiger charge is 2.12. The molecule has 9 heteroatoms. The van der Waals surface area contributed by atoms with Gasteiger partial charge in [0.25, 0.3) is 5.91 Å². The number of aromatic nitrogens is 3. The lowest BCUT2D eigenvalue weighted by atomic mass is 10.2. The molecule has 0 spiro atoms. The Morgan fingerprint density at radius 1 is 0.970 bits per heavy atom. The lowest BCUT2D eigenvalue weighted by Gasteiger charge is -2.08. The van der Waals surface area contributed by atoms with E-state index in [4.69, 9.17) is 0 Å². The van der Waals surface area contributed by atoms with Gasteiger partial charge in [-0.05, 0) is 42.3 Å². The Bertz CT molecular complexity index is 1290. The molecule has 2 N–H and O–H groups in total. The van der Waals surface area contributed by atoms with Gasteiger partial charge in [-0.2, -0.15) is 0 Å². The summed E-state index contributed by atoms with van der Waals surface area (Å²) in [6, 6.07) is 14.3. The molecular weight excluding hydrogens is 428 g/mol. The minimum Gasteiger partial charge on any atom is -0.352 e. The van der Waals surface area contributed by atoms with Crippen molar-refractivity contribution >= 4 is 22.8 Å². The first kappa shape index (κ1) is 22.1. The highest BCUT2D eigenvalue weighted by molar-refractivity contribution is 5.94. The lowest BCUT2D eigenvalue weighted by Crippen LogP contribution is -2.28. The molecule has 168 valence electrons. The van der Waals surface area contributed by atoms with Crippen LogP contribution in [0.4, 0.5) is 8.78 Å². The molecule has 0 aliphatic rings. The molecule has 0 saturated heterocycles. The van der Waals surface area contributed by atoms with Gasteiger partial charge in [-0.25, -0.2) is 18.7 Å². The van der Waals surface area contributed by atoms with Crippen molar-refractivity contribution in [3.05, 3.63) is 89.9 Å². The maximum atomic E-state index is 13.6. The zero-order valence-electron chi connectivity index (χ0n) is 17.6. The molecule has 0 bridgehead atoms. The van der Waals surface area contributed by atoms with Crippen LogP contribution in [0.15, 0.2) is 67.1 Å². The first-order valence-electron chi connectivity index (χ1n) is 10.4. The normalized spacial score (nSPS) is 10.8. The van der Waals surface area contributed by atoms with Crippen molar-refractivity contribution in [2.24, 2.45) is 0 Å². The van der Waals surface area contributed by atoms with Gasteiger partial charge in [-0.3, -0.25) is 14.2 Å². The molecule has 4 aromatic rings. The van der Waals surface area contributed by atoms with Crippen LogP contribution in [-0.4, -0.2) is 32.9 Å². The molecule has 2 heterocycles. The number of imidazole rings is 1. The van der Waals surface area contributed by atoms with E-state index in [1.54, 1.807) is 12.5 Å². The number of halogens is 2. The van der Waals surface area contributed by atoms with Gasteiger partial charge in [0.2, 0.25) is 5.91 Å². The predicted octanol–water partition coefficient (Wildman–Crippen LogP) is 3.53. The summed E-state index contributed by atoms with van der Waals surface area (Å²) in [5, 5.41) is 5.33. The third-order valence-corrected chi connectivity index (χ3v) is 5.04. The van der Waals surface area contributed by atoms with Crippen LogP contribution in [0.25, 0.3) is 16.9 Å². The first-order valence-corrected chi connectivity index (χ1v) is 10.4. The third kappa shape index (κ3) is 5.38. The fourth-order valence-corrected chi connectivity index (χ4v) is 3.31. The summed E-state index contributed by atoms with van der Waals surface area (Å²) in [5.41, 5.74) is 2.45. The number of nitrogens with zero attached hydrogens (tertiary/aromatic N) is 3. The van der Waals surface area contributed by atoms with Gasteiger partial charge in [0.1, 0.15) is 23.8 Å². The second kappa shape index (κ2) is 9.99. The molecule has 0 fully saturated rings. The van der Waals surface area contributed by atoms with Crippen molar-refractivity contribution in [2.75, 3.05) is 6.54 Å². The summed E-state index contributed by atoms with van der Waals surface area (Å²) in [6.07, 6.45) is 3.99. The Hall–Kier alpha value is -4.14. The zero-order chi connectivity index (χ0) is 23.2. The molecule has 4 rings (SSSR count). The molecular formula is C24H21F2N5O2. The molecule has 0 aliphatic carbocycles. The van der Waals surface area contributed by atoms with E-state index < -0.39 is 17.5 Å². The van der Waals surface area contributed by atoms with Crippen molar-refractivity contribution < 1.29 is 18.4 Å². The van der Waals surface area contributed by atoms with Gasteiger partial charge in [-0.1, -0.05) is 18.2 Å². The van der Waals surface area contributed by atoms with Crippen LogP contribution in [0.5, 0.6) is 0 Å². The highest BCUT2D eigenvalue weighted by Crippen LogP contribution is 2.16. The number of pyridine rings is 1. The quantitative estimate of drug-likeness (QED) is 0.403. The van der Waals surface area contributed by atoms with Crippen LogP contribution >= 0.6 is 0 Å².